The molecule has 0 saturated heterocycles. The van der Waals surface area contributed by atoms with Crippen LogP contribution >= 0.6 is 0 Å². The van der Waals surface area contributed by atoms with Crippen molar-refractivity contribution in [3.05, 3.63) is 48.2 Å². The number of fused-ring (bicyclic) bond motifs is 1. The number of aromatic nitrogens is 1. The van der Waals surface area contributed by atoms with Crippen LogP contribution in [0.15, 0.2) is 47.5 Å². The molecule has 0 aliphatic heterocycles. The minimum atomic E-state index is -4.04. The van der Waals surface area contributed by atoms with Gasteiger partial charge in [-0.25, -0.2) is 12.4 Å². The van der Waals surface area contributed by atoms with E-state index in [0.717, 1.165) is 10.0 Å². The van der Waals surface area contributed by atoms with Gasteiger partial charge >= 0.3 is 5.97 Å². The standard InChI is InChI=1S/C19H19NO7S/c1-26-13-4-6-16-15(9-13)12(3-8-19(22)23)11-20(16)28(24,25)14-5-7-18(27-2)17(21)10-14/h4-7,9-11,21H,3,8H2,1-2H3,(H,22,23). The van der Waals surface area contributed by atoms with E-state index in [1.54, 1.807) is 18.2 Å². The third-order valence-corrected chi connectivity index (χ3v) is 6.05. The number of phenolic OH excluding ortho intramolecular Hbond substituents is 1. The Morgan fingerprint density at radius 3 is 2.46 bits per heavy atom. The molecule has 0 bridgehead atoms. The Hall–Kier alpha value is -3.20. The Morgan fingerprint density at radius 1 is 1.11 bits per heavy atom. The van der Waals surface area contributed by atoms with Crippen LogP contribution in [0.1, 0.15) is 12.0 Å². The van der Waals surface area contributed by atoms with Gasteiger partial charge in [-0.1, -0.05) is 0 Å². The molecule has 2 N–H and O–H groups in total. The van der Waals surface area contributed by atoms with Gasteiger partial charge in [0.05, 0.1) is 24.6 Å². The molecular weight excluding hydrogens is 386 g/mol. The van der Waals surface area contributed by atoms with Crippen LogP contribution in [-0.4, -0.2) is 42.8 Å². The summed E-state index contributed by atoms with van der Waals surface area (Å²) in [7, 11) is -1.18. The van der Waals surface area contributed by atoms with Crippen molar-refractivity contribution in [3.63, 3.8) is 0 Å². The molecule has 148 valence electrons. The highest BCUT2D eigenvalue weighted by molar-refractivity contribution is 7.90. The molecule has 0 spiro atoms. The van der Waals surface area contributed by atoms with Gasteiger partial charge in [-0.15, -0.1) is 0 Å². The lowest BCUT2D eigenvalue weighted by Crippen LogP contribution is -2.12. The number of ether oxygens (including phenoxy) is 2. The second kappa shape index (κ2) is 7.43. The number of hydrogen-bond donors (Lipinski definition) is 2. The molecule has 3 rings (SSSR count). The maximum Gasteiger partial charge on any atom is 0.303 e. The first-order valence-electron chi connectivity index (χ1n) is 8.30. The van der Waals surface area contributed by atoms with E-state index in [-0.39, 0.29) is 29.2 Å². The summed E-state index contributed by atoms with van der Waals surface area (Å²) in [6.45, 7) is 0. The molecule has 3 aromatic rings. The fourth-order valence-electron chi connectivity index (χ4n) is 2.96. The Labute approximate surface area is 161 Å². The minimum absolute atomic E-state index is 0.122. The first kappa shape index (κ1) is 19.6. The second-order valence-corrected chi connectivity index (χ2v) is 7.88. The number of aromatic hydroxyl groups is 1. The molecule has 8 nitrogen and oxygen atoms in total. The third kappa shape index (κ3) is 3.48. The number of carbonyl (C=O) groups is 1. The zero-order valence-corrected chi connectivity index (χ0v) is 16.1. The normalized spacial score (nSPS) is 11.5. The van der Waals surface area contributed by atoms with Crippen molar-refractivity contribution in [3.8, 4) is 17.2 Å². The fraction of sp³-hybridized carbons (Fsp3) is 0.211. The summed E-state index contributed by atoms with van der Waals surface area (Å²) in [6.07, 6.45) is 1.43. The number of aliphatic carboxylic acids is 1. The summed E-state index contributed by atoms with van der Waals surface area (Å²) >= 11 is 0. The number of rotatable bonds is 7. The lowest BCUT2D eigenvalue weighted by atomic mass is 10.1. The number of phenols is 1. The highest BCUT2D eigenvalue weighted by atomic mass is 32.2. The molecule has 0 aliphatic carbocycles. The SMILES string of the molecule is COc1ccc2c(c1)c(CCC(=O)O)cn2S(=O)(=O)c1ccc(OC)c(O)c1. The van der Waals surface area contributed by atoms with Crippen LogP contribution in [0.5, 0.6) is 17.2 Å². The molecule has 0 atom stereocenters. The molecule has 1 aromatic heterocycles. The van der Waals surface area contributed by atoms with Gasteiger partial charge in [0.2, 0.25) is 0 Å². The highest BCUT2D eigenvalue weighted by Crippen LogP contribution is 2.33. The molecule has 0 saturated carbocycles. The van der Waals surface area contributed by atoms with E-state index in [9.17, 15) is 18.3 Å². The largest absolute Gasteiger partial charge is 0.504 e. The smallest absolute Gasteiger partial charge is 0.303 e. The molecule has 0 unspecified atom stereocenters. The van der Waals surface area contributed by atoms with E-state index in [0.29, 0.717) is 22.2 Å². The van der Waals surface area contributed by atoms with E-state index in [4.69, 9.17) is 14.6 Å². The Kier molecular flexibility index (Phi) is 5.19. The van der Waals surface area contributed by atoms with E-state index >= 15 is 0 Å². The summed E-state index contributed by atoms with van der Waals surface area (Å²) in [5.74, 6) is -0.593. The lowest BCUT2D eigenvalue weighted by Gasteiger charge is -2.10. The molecule has 9 heteroatoms. The predicted octanol–water partition coefficient (Wildman–Crippen LogP) is 2.62. The second-order valence-electron chi connectivity index (χ2n) is 6.07. The number of benzene rings is 2. The van der Waals surface area contributed by atoms with Crippen molar-refractivity contribution < 1.29 is 32.9 Å². The van der Waals surface area contributed by atoms with Crippen molar-refractivity contribution in [2.45, 2.75) is 17.7 Å². The first-order chi connectivity index (χ1) is 13.3. The number of carboxylic acid groups (broad SMARTS) is 1. The molecule has 0 amide bonds. The summed E-state index contributed by atoms with van der Waals surface area (Å²) in [4.78, 5) is 10.8. The van der Waals surface area contributed by atoms with Crippen molar-refractivity contribution in [1.82, 2.24) is 3.97 Å². The first-order valence-corrected chi connectivity index (χ1v) is 9.74. The zero-order chi connectivity index (χ0) is 20.5. The van der Waals surface area contributed by atoms with E-state index in [1.807, 2.05) is 0 Å². The monoisotopic (exact) mass is 405 g/mol. The van der Waals surface area contributed by atoms with Gasteiger partial charge < -0.3 is 19.7 Å². The number of hydrogen-bond acceptors (Lipinski definition) is 6. The average Bonchev–Trinajstić information content (AvgIpc) is 3.04. The van der Waals surface area contributed by atoms with Crippen molar-refractivity contribution in [1.29, 1.82) is 0 Å². The maximum absolute atomic E-state index is 13.2. The van der Waals surface area contributed by atoms with Crippen molar-refractivity contribution in [2.75, 3.05) is 14.2 Å². The topological polar surface area (TPSA) is 115 Å². The number of nitrogens with zero attached hydrogens (tertiary/aromatic N) is 1. The van der Waals surface area contributed by atoms with Gasteiger partial charge in [0, 0.05) is 24.1 Å². The number of aryl methyl sites for hydroxylation is 1. The quantitative estimate of drug-likeness (QED) is 0.621. The average molecular weight is 405 g/mol. The molecular formula is C19H19NO7S. The molecule has 1 heterocycles. The summed E-state index contributed by atoms with van der Waals surface area (Å²) in [6, 6.07) is 8.70. The third-order valence-electron chi connectivity index (χ3n) is 4.38. The van der Waals surface area contributed by atoms with Gasteiger partial charge in [-0.3, -0.25) is 4.79 Å². The van der Waals surface area contributed by atoms with Crippen LogP contribution < -0.4 is 9.47 Å². The van der Waals surface area contributed by atoms with Gasteiger partial charge in [0.15, 0.2) is 11.5 Å². The van der Waals surface area contributed by atoms with Crippen molar-refractivity contribution >= 4 is 26.9 Å². The molecule has 2 aromatic carbocycles. The van der Waals surface area contributed by atoms with E-state index in [2.05, 4.69) is 0 Å². The predicted molar refractivity (Wildman–Crippen MR) is 102 cm³/mol. The van der Waals surface area contributed by atoms with Crippen LogP contribution in [0.25, 0.3) is 10.9 Å². The van der Waals surface area contributed by atoms with Crippen LogP contribution in [0, 0.1) is 0 Å². The Bertz CT molecular complexity index is 1150. The van der Waals surface area contributed by atoms with Gasteiger partial charge in [0.25, 0.3) is 10.0 Å². The number of carboxylic acids is 1. The Morgan fingerprint density at radius 2 is 1.86 bits per heavy atom. The number of methoxy groups -OCH3 is 2. The minimum Gasteiger partial charge on any atom is -0.504 e. The Balaban J connectivity index is 2.18. The molecule has 0 aliphatic rings. The summed E-state index contributed by atoms with van der Waals surface area (Å²) in [5, 5.41) is 19.5. The van der Waals surface area contributed by atoms with Gasteiger partial charge in [-0.05, 0) is 42.3 Å². The fourth-order valence-corrected chi connectivity index (χ4v) is 4.37. The van der Waals surface area contributed by atoms with Crippen LogP contribution in [0.3, 0.4) is 0 Å². The summed E-state index contributed by atoms with van der Waals surface area (Å²) in [5.41, 5.74) is 0.953. The van der Waals surface area contributed by atoms with Gasteiger partial charge in [-0.2, -0.15) is 0 Å². The van der Waals surface area contributed by atoms with E-state index in [1.165, 1.54) is 32.5 Å². The molecule has 0 fully saturated rings. The molecule has 28 heavy (non-hydrogen) atoms. The van der Waals surface area contributed by atoms with E-state index < -0.39 is 16.0 Å². The zero-order valence-electron chi connectivity index (χ0n) is 15.2. The van der Waals surface area contributed by atoms with Crippen LogP contribution in [-0.2, 0) is 21.2 Å². The van der Waals surface area contributed by atoms with Crippen molar-refractivity contribution in [2.24, 2.45) is 0 Å². The highest BCUT2D eigenvalue weighted by Gasteiger charge is 2.23. The maximum atomic E-state index is 13.2. The summed E-state index contributed by atoms with van der Waals surface area (Å²) < 4.78 is 37.6. The molecule has 0 radical (unpaired) electrons. The lowest BCUT2D eigenvalue weighted by molar-refractivity contribution is -0.136. The van der Waals surface area contributed by atoms with Gasteiger partial charge in [0.1, 0.15) is 5.75 Å². The van der Waals surface area contributed by atoms with Crippen LogP contribution in [0.2, 0.25) is 0 Å². The van der Waals surface area contributed by atoms with Crippen LogP contribution in [0.4, 0.5) is 0 Å².